The smallest absolute Gasteiger partial charge is 0.226 e. The third-order valence-electron chi connectivity index (χ3n) is 2.68. The van der Waals surface area contributed by atoms with Gasteiger partial charge in [-0.2, -0.15) is 0 Å². The van der Waals surface area contributed by atoms with Gasteiger partial charge in [0.05, 0.1) is 16.3 Å². The van der Waals surface area contributed by atoms with Crippen LogP contribution in [0.4, 0.5) is 5.69 Å². The highest BCUT2D eigenvalue weighted by Crippen LogP contribution is 2.30. The Morgan fingerprint density at radius 1 is 1.38 bits per heavy atom. The molecule has 1 heterocycles. The van der Waals surface area contributed by atoms with Crippen LogP contribution >= 0.6 is 0 Å². The van der Waals surface area contributed by atoms with E-state index in [1.807, 2.05) is 0 Å². The second-order valence-corrected chi connectivity index (χ2v) is 5.76. The lowest BCUT2D eigenvalue weighted by atomic mass is 10.2. The number of sulfone groups is 1. The van der Waals surface area contributed by atoms with Crippen molar-refractivity contribution < 1.29 is 13.2 Å². The summed E-state index contributed by atoms with van der Waals surface area (Å²) in [5.74, 6) is -0.0298. The summed E-state index contributed by atoms with van der Waals surface area (Å²) in [7, 11) is -3.21. The molecule has 1 aromatic carbocycles. The molecule has 1 aliphatic rings. The fraction of sp³-hybridized carbons (Fsp3) is 0.364. The number of nitrogens with zero attached hydrogens (tertiary/aromatic N) is 1. The summed E-state index contributed by atoms with van der Waals surface area (Å²) < 4.78 is 23.6. The molecule has 0 atom stereocenters. The summed E-state index contributed by atoms with van der Waals surface area (Å²) in [6.45, 7) is 2.03. The molecule has 4 nitrogen and oxygen atoms in total. The maximum Gasteiger partial charge on any atom is 0.226 e. The number of rotatable bonds is 1. The summed E-state index contributed by atoms with van der Waals surface area (Å²) in [6, 6.07) is 6.66. The molecule has 0 spiro atoms. The second kappa shape index (κ2) is 3.90. The van der Waals surface area contributed by atoms with E-state index in [0.717, 1.165) is 0 Å². The average molecular weight is 239 g/mol. The molecule has 0 aromatic heterocycles. The maximum atomic E-state index is 11.8. The van der Waals surface area contributed by atoms with Crippen molar-refractivity contribution in [2.45, 2.75) is 18.2 Å². The Labute approximate surface area is 94.8 Å². The SMILES string of the molecule is CCC(=O)N1CCS(=O)(=O)c2ccccc21. The van der Waals surface area contributed by atoms with Crippen LogP contribution in [0.1, 0.15) is 13.3 Å². The van der Waals surface area contributed by atoms with Crippen molar-refractivity contribution in [3.05, 3.63) is 24.3 Å². The van der Waals surface area contributed by atoms with Gasteiger partial charge in [0.2, 0.25) is 5.91 Å². The third kappa shape index (κ3) is 1.71. The van der Waals surface area contributed by atoms with Crippen molar-refractivity contribution in [1.29, 1.82) is 0 Å². The zero-order valence-corrected chi connectivity index (χ0v) is 9.83. The first-order chi connectivity index (χ1) is 7.56. The summed E-state index contributed by atoms with van der Waals surface area (Å²) in [5, 5.41) is 0. The van der Waals surface area contributed by atoms with Crippen LogP contribution < -0.4 is 4.90 Å². The lowest BCUT2D eigenvalue weighted by Crippen LogP contribution is -2.39. The van der Waals surface area contributed by atoms with Gasteiger partial charge >= 0.3 is 0 Å². The molecule has 0 N–H and O–H groups in total. The molecule has 86 valence electrons. The van der Waals surface area contributed by atoms with E-state index in [4.69, 9.17) is 0 Å². The minimum atomic E-state index is -3.21. The van der Waals surface area contributed by atoms with Crippen molar-refractivity contribution in [3.8, 4) is 0 Å². The van der Waals surface area contributed by atoms with Gasteiger partial charge in [-0.15, -0.1) is 0 Å². The Morgan fingerprint density at radius 3 is 2.75 bits per heavy atom. The number of para-hydroxylation sites is 1. The van der Waals surface area contributed by atoms with E-state index in [9.17, 15) is 13.2 Å². The van der Waals surface area contributed by atoms with Crippen molar-refractivity contribution >= 4 is 21.4 Å². The van der Waals surface area contributed by atoms with E-state index in [0.29, 0.717) is 12.1 Å². The van der Waals surface area contributed by atoms with E-state index < -0.39 is 9.84 Å². The first-order valence-corrected chi connectivity index (χ1v) is 6.83. The number of carbonyl (C=O) groups excluding carboxylic acids is 1. The molecule has 0 saturated heterocycles. The first kappa shape index (κ1) is 11.1. The van der Waals surface area contributed by atoms with Gasteiger partial charge < -0.3 is 4.90 Å². The van der Waals surface area contributed by atoms with Crippen LogP contribution in [0.2, 0.25) is 0 Å². The predicted octanol–water partition coefficient (Wildman–Crippen LogP) is 1.22. The van der Waals surface area contributed by atoms with Crippen molar-refractivity contribution in [2.75, 3.05) is 17.2 Å². The molecule has 5 heteroatoms. The Hall–Kier alpha value is -1.36. The highest BCUT2D eigenvalue weighted by atomic mass is 32.2. The van der Waals surface area contributed by atoms with Crippen molar-refractivity contribution in [2.24, 2.45) is 0 Å². The number of hydrogen-bond donors (Lipinski definition) is 0. The summed E-state index contributed by atoms with van der Waals surface area (Å²) in [6.07, 6.45) is 0.383. The van der Waals surface area contributed by atoms with Crippen LogP contribution in [0.3, 0.4) is 0 Å². The van der Waals surface area contributed by atoms with Gasteiger partial charge in [0, 0.05) is 13.0 Å². The molecule has 16 heavy (non-hydrogen) atoms. The molecule has 2 rings (SSSR count). The van der Waals surface area contributed by atoms with Gasteiger partial charge in [0.15, 0.2) is 9.84 Å². The monoisotopic (exact) mass is 239 g/mol. The molecular formula is C11H13NO3S. The zero-order valence-electron chi connectivity index (χ0n) is 9.01. The van der Waals surface area contributed by atoms with E-state index >= 15 is 0 Å². The minimum Gasteiger partial charge on any atom is -0.310 e. The first-order valence-electron chi connectivity index (χ1n) is 5.18. The highest BCUT2D eigenvalue weighted by molar-refractivity contribution is 7.91. The predicted molar refractivity (Wildman–Crippen MR) is 61.1 cm³/mol. The van der Waals surface area contributed by atoms with Crippen LogP contribution in [-0.4, -0.2) is 26.6 Å². The minimum absolute atomic E-state index is 0.00968. The average Bonchev–Trinajstić information content (AvgIpc) is 2.28. The van der Waals surface area contributed by atoms with Crippen molar-refractivity contribution in [3.63, 3.8) is 0 Å². The van der Waals surface area contributed by atoms with Gasteiger partial charge in [-0.1, -0.05) is 19.1 Å². The van der Waals surface area contributed by atoms with E-state index in [-0.39, 0.29) is 23.1 Å². The number of carbonyl (C=O) groups is 1. The molecule has 1 amide bonds. The number of amides is 1. The Kier molecular flexibility index (Phi) is 2.71. The van der Waals surface area contributed by atoms with Crippen LogP contribution in [0.15, 0.2) is 29.2 Å². The van der Waals surface area contributed by atoms with Crippen LogP contribution in [0, 0.1) is 0 Å². The molecule has 0 aliphatic carbocycles. The van der Waals surface area contributed by atoms with Crippen LogP contribution in [0.25, 0.3) is 0 Å². The molecule has 0 bridgehead atoms. The second-order valence-electron chi connectivity index (χ2n) is 3.69. The van der Waals surface area contributed by atoms with Crippen LogP contribution in [-0.2, 0) is 14.6 Å². The van der Waals surface area contributed by atoms with Gasteiger partial charge in [-0.3, -0.25) is 4.79 Å². The fourth-order valence-corrected chi connectivity index (χ4v) is 3.26. The van der Waals surface area contributed by atoms with E-state index in [1.54, 1.807) is 36.1 Å². The zero-order chi connectivity index (χ0) is 11.8. The largest absolute Gasteiger partial charge is 0.310 e. The van der Waals surface area contributed by atoms with E-state index in [1.165, 1.54) is 0 Å². The third-order valence-corrected chi connectivity index (χ3v) is 4.41. The molecular weight excluding hydrogens is 226 g/mol. The quantitative estimate of drug-likeness (QED) is 0.740. The fourth-order valence-electron chi connectivity index (χ4n) is 1.83. The molecule has 1 aliphatic heterocycles. The summed E-state index contributed by atoms with van der Waals surface area (Å²) in [4.78, 5) is 13.5. The molecule has 0 radical (unpaired) electrons. The Morgan fingerprint density at radius 2 is 2.06 bits per heavy atom. The van der Waals surface area contributed by atoms with Gasteiger partial charge in [-0.25, -0.2) is 8.42 Å². The summed E-state index contributed by atoms with van der Waals surface area (Å²) >= 11 is 0. The van der Waals surface area contributed by atoms with Gasteiger partial charge in [0.25, 0.3) is 0 Å². The number of hydrogen-bond acceptors (Lipinski definition) is 3. The van der Waals surface area contributed by atoms with Crippen molar-refractivity contribution in [1.82, 2.24) is 0 Å². The topological polar surface area (TPSA) is 54.5 Å². The summed E-state index contributed by atoms with van der Waals surface area (Å²) in [5.41, 5.74) is 0.514. The van der Waals surface area contributed by atoms with Gasteiger partial charge in [0.1, 0.15) is 0 Å². The molecule has 0 saturated carbocycles. The standard InChI is InChI=1S/C11H13NO3S/c1-2-11(13)12-7-8-16(14,15)10-6-4-3-5-9(10)12/h3-6H,2,7-8H2,1H3. The lowest BCUT2D eigenvalue weighted by molar-refractivity contribution is -0.118. The highest BCUT2D eigenvalue weighted by Gasteiger charge is 2.30. The Balaban J connectivity index is 2.56. The van der Waals surface area contributed by atoms with Crippen LogP contribution in [0.5, 0.6) is 0 Å². The van der Waals surface area contributed by atoms with E-state index in [2.05, 4.69) is 0 Å². The lowest BCUT2D eigenvalue weighted by Gasteiger charge is -2.28. The van der Waals surface area contributed by atoms with Gasteiger partial charge in [-0.05, 0) is 12.1 Å². The number of fused-ring (bicyclic) bond motifs is 1. The molecule has 1 aromatic rings. The number of benzene rings is 1. The normalized spacial score (nSPS) is 17.9. The maximum absolute atomic E-state index is 11.8. The molecule has 0 unspecified atom stereocenters. The molecule has 0 fully saturated rings. The Bertz CT molecular complexity index is 522. The number of anilines is 1.